The first-order chi connectivity index (χ1) is 15.1. The second-order valence-electron chi connectivity index (χ2n) is 7.69. The van der Waals surface area contributed by atoms with E-state index < -0.39 is 17.9 Å². The molecule has 3 aromatic rings. The lowest BCUT2D eigenvalue weighted by molar-refractivity contribution is -0.153. The molecule has 0 aliphatic carbocycles. The number of carbonyl (C=O) groups excluding carboxylic acids is 2. The van der Waals surface area contributed by atoms with E-state index >= 15 is 0 Å². The SMILES string of the molecule is CCOC(=O)[C@H]1C(=O)N(CCCOC)c2nc3ccccc3n2[C@H]1c1ccc(C)cc1. The molecule has 0 N–H and O–H groups in total. The van der Waals surface area contributed by atoms with Crippen molar-refractivity contribution >= 4 is 28.9 Å². The number of hydrogen-bond acceptors (Lipinski definition) is 5. The number of methoxy groups -OCH3 is 1. The van der Waals surface area contributed by atoms with E-state index in [4.69, 9.17) is 14.5 Å². The number of ether oxygens (including phenoxy) is 2. The summed E-state index contributed by atoms with van der Waals surface area (Å²) in [4.78, 5) is 33.1. The molecule has 31 heavy (non-hydrogen) atoms. The summed E-state index contributed by atoms with van der Waals surface area (Å²) in [6.07, 6.45) is 0.635. The monoisotopic (exact) mass is 421 g/mol. The molecule has 1 aliphatic heterocycles. The van der Waals surface area contributed by atoms with Gasteiger partial charge in [-0.3, -0.25) is 14.5 Å². The molecular formula is C24H27N3O4. The number of esters is 1. The van der Waals surface area contributed by atoms with Crippen molar-refractivity contribution in [3.05, 3.63) is 59.7 Å². The van der Waals surface area contributed by atoms with E-state index in [0.29, 0.717) is 25.5 Å². The maximum Gasteiger partial charge on any atom is 0.321 e. The van der Waals surface area contributed by atoms with Crippen LogP contribution in [0.1, 0.15) is 30.5 Å². The maximum atomic E-state index is 13.7. The molecule has 0 bridgehead atoms. The number of aryl methyl sites for hydroxylation is 1. The first kappa shape index (κ1) is 21.1. The number of nitrogens with zero attached hydrogens (tertiary/aromatic N) is 3. The number of carbonyl (C=O) groups is 2. The lowest BCUT2D eigenvalue weighted by Gasteiger charge is -2.38. The van der Waals surface area contributed by atoms with Gasteiger partial charge in [-0.15, -0.1) is 0 Å². The Balaban J connectivity index is 1.93. The predicted molar refractivity (Wildman–Crippen MR) is 118 cm³/mol. The molecular weight excluding hydrogens is 394 g/mol. The Labute approximate surface area is 181 Å². The van der Waals surface area contributed by atoms with Gasteiger partial charge in [0.25, 0.3) is 0 Å². The van der Waals surface area contributed by atoms with Crippen LogP contribution < -0.4 is 4.90 Å². The quantitative estimate of drug-likeness (QED) is 0.332. The van der Waals surface area contributed by atoms with Gasteiger partial charge >= 0.3 is 5.97 Å². The number of amides is 1. The summed E-state index contributed by atoms with van der Waals surface area (Å²) in [6.45, 7) is 4.89. The van der Waals surface area contributed by atoms with Crippen LogP contribution in [0.15, 0.2) is 48.5 Å². The molecule has 2 aromatic carbocycles. The van der Waals surface area contributed by atoms with Crippen molar-refractivity contribution in [1.82, 2.24) is 9.55 Å². The Kier molecular flexibility index (Phi) is 6.04. The zero-order chi connectivity index (χ0) is 22.0. The van der Waals surface area contributed by atoms with Gasteiger partial charge in [-0.2, -0.15) is 0 Å². The fourth-order valence-corrected chi connectivity index (χ4v) is 4.19. The molecule has 2 atom stereocenters. The Bertz CT molecular complexity index is 1090. The third kappa shape index (κ3) is 3.81. The van der Waals surface area contributed by atoms with E-state index in [9.17, 15) is 9.59 Å². The Morgan fingerprint density at radius 3 is 2.58 bits per heavy atom. The van der Waals surface area contributed by atoms with Gasteiger partial charge < -0.3 is 14.0 Å². The topological polar surface area (TPSA) is 73.7 Å². The van der Waals surface area contributed by atoms with Gasteiger partial charge in [0.05, 0.1) is 23.7 Å². The zero-order valence-corrected chi connectivity index (χ0v) is 18.1. The fraction of sp³-hybridized carbons (Fsp3) is 0.375. The molecule has 0 fully saturated rings. The van der Waals surface area contributed by atoms with Crippen LogP contribution >= 0.6 is 0 Å². The predicted octanol–water partition coefficient (Wildman–Crippen LogP) is 3.50. The van der Waals surface area contributed by atoms with Crippen molar-refractivity contribution in [2.75, 3.05) is 31.8 Å². The number of aromatic nitrogens is 2. The van der Waals surface area contributed by atoms with Crippen LogP contribution in [-0.4, -0.2) is 48.3 Å². The van der Waals surface area contributed by atoms with E-state index in [-0.39, 0.29) is 12.5 Å². The van der Waals surface area contributed by atoms with Crippen molar-refractivity contribution in [1.29, 1.82) is 0 Å². The number of anilines is 1. The van der Waals surface area contributed by atoms with Crippen LogP contribution in [0.5, 0.6) is 0 Å². The van der Waals surface area contributed by atoms with Gasteiger partial charge in [0.1, 0.15) is 0 Å². The number of para-hydroxylation sites is 2. The molecule has 1 aromatic heterocycles. The Hall–Kier alpha value is -3.19. The molecule has 0 unspecified atom stereocenters. The molecule has 0 spiro atoms. The van der Waals surface area contributed by atoms with E-state index in [1.54, 1.807) is 18.9 Å². The first-order valence-electron chi connectivity index (χ1n) is 10.6. The number of rotatable bonds is 7. The van der Waals surface area contributed by atoms with E-state index in [1.807, 2.05) is 60.0 Å². The van der Waals surface area contributed by atoms with Gasteiger partial charge in [0.2, 0.25) is 11.9 Å². The summed E-state index contributed by atoms with van der Waals surface area (Å²) < 4.78 is 12.5. The third-order valence-corrected chi connectivity index (χ3v) is 5.63. The molecule has 0 radical (unpaired) electrons. The minimum Gasteiger partial charge on any atom is -0.465 e. The van der Waals surface area contributed by atoms with Gasteiger partial charge in [-0.05, 0) is 38.0 Å². The van der Waals surface area contributed by atoms with Gasteiger partial charge in [-0.1, -0.05) is 42.0 Å². The minimum atomic E-state index is -0.990. The van der Waals surface area contributed by atoms with Crippen LogP contribution in [0, 0.1) is 12.8 Å². The largest absolute Gasteiger partial charge is 0.465 e. The molecule has 1 aliphatic rings. The van der Waals surface area contributed by atoms with Gasteiger partial charge in [0.15, 0.2) is 5.92 Å². The van der Waals surface area contributed by atoms with Crippen LogP contribution in [-0.2, 0) is 19.1 Å². The van der Waals surface area contributed by atoms with Crippen molar-refractivity contribution in [2.45, 2.75) is 26.3 Å². The van der Waals surface area contributed by atoms with Crippen molar-refractivity contribution < 1.29 is 19.1 Å². The van der Waals surface area contributed by atoms with Crippen molar-refractivity contribution in [3.8, 4) is 0 Å². The molecule has 7 heteroatoms. The van der Waals surface area contributed by atoms with Crippen LogP contribution in [0.3, 0.4) is 0 Å². The average Bonchev–Trinajstić information content (AvgIpc) is 3.15. The summed E-state index contributed by atoms with van der Waals surface area (Å²) in [5.74, 6) is -1.25. The maximum absolute atomic E-state index is 13.7. The molecule has 162 valence electrons. The fourth-order valence-electron chi connectivity index (χ4n) is 4.19. The van der Waals surface area contributed by atoms with Gasteiger partial charge in [0, 0.05) is 20.3 Å². The summed E-state index contributed by atoms with van der Waals surface area (Å²) in [5, 5.41) is 0. The summed E-state index contributed by atoms with van der Waals surface area (Å²) in [5.41, 5.74) is 3.64. The molecule has 1 amide bonds. The highest BCUT2D eigenvalue weighted by molar-refractivity contribution is 6.08. The highest BCUT2D eigenvalue weighted by atomic mass is 16.5. The highest BCUT2D eigenvalue weighted by Crippen LogP contribution is 2.41. The molecule has 7 nitrogen and oxygen atoms in total. The number of fused-ring (bicyclic) bond motifs is 3. The normalized spacial score (nSPS) is 18.3. The lowest BCUT2D eigenvalue weighted by Crippen LogP contribution is -2.50. The average molecular weight is 421 g/mol. The minimum absolute atomic E-state index is 0.213. The van der Waals surface area contributed by atoms with E-state index in [1.165, 1.54) is 0 Å². The standard InChI is InChI=1S/C24H27N3O4/c1-4-31-23(29)20-21(17-12-10-16(2)11-13-17)27-19-9-6-5-8-18(19)25-24(27)26(22(20)28)14-7-15-30-3/h5-6,8-13,20-21H,4,7,14-15H2,1-3H3/t20-,21+/m1/s1. The molecule has 0 saturated heterocycles. The second kappa shape index (κ2) is 8.89. The molecule has 0 saturated carbocycles. The number of benzene rings is 2. The zero-order valence-electron chi connectivity index (χ0n) is 18.1. The summed E-state index contributed by atoms with van der Waals surface area (Å²) >= 11 is 0. The summed E-state index contributed by atoms with van der Waals surface area (Å²) in [7, 11) is 1.63. The van der Waals surface area contributed by atoms with Crippen molar-refractivity contribution in [3.63, 3.8) is 0 Å². The molecule has 4 rings (SSSR count). The van der Waals surface area contributed by atoms with Crippen LogP contribution in [0.4, 0.5) is 5.95 Å². The van der Waals surface area contributed by atoms with E-state index in [2.05, 4.69) is 0 Å². The third-order valence-electron chi connectivity index (χ3n) is 5.63. The van der Waals surface area contributed by atoms with Crippen LogP contribution in [0.2, 0.25) is 0 Å². The highest BCUT2D eigenvalue weighted by Gasteiger charge is 2.47. The van der Waals surface area contributed by atoms with Crippen molar-refractivity contribution in [2.24, 2.45) is 5.92 Å². The Morgan fingerprint density at radius 1 is 1.13 bits per heavy atom. The first-order valence-corrected chi connectivity index (χ1v) is 10.6. The lowest BCUT2D eigenvalue weighted by atomic mass is 9.89. The summed E-state index contributed by atoms with van der Waals surface area (Å²) in [6, 6.07) is 15.1. The molecule has 2 heterocycles. The number of imidazole rings is 1. The smallest absolute Gasteiger partial charge is 0.321 e. The van der Waals surface area contributed by atoms with Gasteiger partial charge in [-0.25, -0.2) is 4.98 Å². The number of hydrogen-bond donors (Lipinski definition) is 0. The Morgan fingerprint density at radius 2 is 1.87 bits per heavy atom. The van der Waals surface area contributed by atoms with E-state index in [0.717, 1.165) is 22.2 Å². The second-order valence-corrected chi connectivity index (χ2v) is 7.69. The van der Waals surface area contributed by atoms with Crippen LogP contribution in [0.25, 0.3) is 11.0 Å².